The smallest absolute Gasteiger partial charge is 0.267 e. The molecule has 3 unspecified atom stereocenters. The Morgan fingerprint density at radius 2 is 1.90 bits per heavy atom. The SMILES string of the molecule is CC(NC(=O)C1CCC(S(=O)(=O)O)C1)c1ccc(O)cc1. The molecule has 0 heterocycles. The lowest BCUT2D eigenvalue weighted by Crippen LogP contribution is -2.32. The summed E-state index contributed by atoms with van der Waals surface area (Å²) >= 11 is 0. The minimum absolute atomic E-state index is 0.157. The van der Waals surface area contributed by atoms with Crippen molar-refractivity contribution in [3.8, 4) is 5.75 Å². The molecule has 1 amide bonds. The second-order valence-corrected chi connectivity index (χ2v) is 7.17. The molecule has 0 aromatic heterocycles. The number of hydrogen-bond donors (Lipinski definition) is 3. The average molecular weight is 313 g/mol. The Kier molecular flexibility index (Phi) is 4.53. The van der Waals surface area contributed by atoms with Crippen LogP contribution in [0.3, 0.4) is 0 Å². The third kappa shape index (κ3) is 3.95. The van der Waals surface area contributed by atoms with Gasteiger partial charge in [-0.25, -0.2) is 0 Å². The van der Waals surface area contributed by atoms with E-state index in [1.807, 2.05) is 6.92 Å². The number of benzene rings is 1. The summed E-state index contributed by atoms with van der Waals surface area (Å²) < 4.78 is 31.2. The van der Waals surface area contributed by atoms with Gasteiger partial charge in [0.25, 0.3) is 10.1 Å². The van der Waals surface area contributed by atoms with E-state index in [0.29, 0.717) is 12.8 Å². The molecule has 0 saturated heterocycles. The van der Waals surface area contributed by atoms with Crippen LogP contribution in [-0.2, 0) is 14.9 Å². The molecule has 1 fully saturated rings. The number of nitrogens with one attached hydrogen (secondary N) is 1. The summed E-state index contributed by atoms with van der Waals surface area (Å²) in [5.41, 5.74) is 0.852. The molecule has 7 heteroatoms. The van der Waals surface area contributed by atoms with Gasteiger partial charge in [0.2, 0.25) is 5.91 Å². The minimum atomic E-state index is -4.06. The van der Waals surface area contributed by atoms with E-state index in [4.69, 9.17) is 4.55 Å². The van der Waals surface area contributed by atoms with E-state index in [2.05, 4.69) is 5.32 Å². The first-order valence-corrected chi connectivity index (χ1v) is 8.33. The van der Waals surface area contributed by atoms with Crippen molar-refractivity contribution in [1.29, 1.82) is 0 Å². The summed E-state index contributed by atoms with van der Waals surface area (Å²) in [5.74, 6) is -0.442. The summed E-state index contributed by atoms with van der Waals surface area (Å²) in [6.07, 6.45) is 0.927. The summed E-state index contributed by atoms with van der Waals surface area (Å²) in [5, 5.41) is 11.2. The highest BCUT2D eigenvalue weighted by Gasteiger charge is 2.36. The van der Waals surface area contributed by atoms with Crippen LogP contribution in [0.5, 0.6) is 5.75 Å². The average Bonchev–Trinajstić information content (AvgIpc) is 2.88. The second-order valence-electron chi connectivity index (χ2n) is 5.47. The molecule has 21 heavy (non-hydrogen) atoms. The third-order valence-corrected chi connectivity index (χ3v) is 5.20. The fraction of sp³-hybridized carbons (Fsp3) is 0.500. The highest BCUT2D eigenvalue weighted by atomic mass is 32.2. The van der Waals surface area contributed by atoms with E-state index in [-0.39, 0.29) is 24.1 Å². The molecule has 0 radical (unpaired) electrons. The maximum Gasteiger partial charge on any atom is 0.267 e. The van der Waals surface area contributed by atoms with Gasteiger partial charge >= 0.3 is 0 Å². The van der Waals surface area contributed by atoms with Crippen LogP contribution in [0.2, 0.25) is 0 Å². The van der Waals surface area contributed by atoms with Crippen molar-refractivity contribution < 1.29 is 22.9 Å². The second kappa shape index (κ2) is 6.03. The number of aromatic hydroxyl groups is 1. The van der Waals surface area contributed by atoms with Crippen LogP contribution in [0.15, 0.2) is 24.3 Å². The van der Waals surface area contributed by atoms with Crippen molar-refractivity contribution in [2.24, 2.45) is 5.92 Å². The van der Waals surface area contributed by atoms with Crippen LogP contribution in [-0.4, -0.2) is 29.2 Å². The molecule has 2 rings (SSSR count). The molecule has 0 spiro atoms. The zero-order chi connectivity index (χ0) is 15.6. The topological polar surface area (TPSA) is 104 Å². The van der Waals surface area contributed by atoms with E-state index in [0.717, 1.165) is 5.56 Å². The molecule has 116 valence electrons. The molecular weight excluding hydrogens is 294 g/mol. The number of amides is 1. The first kappa shape index (κ1) is 15.8. The molecule has 0 bridgehead atoms. The summed E-state index contributed by atoms with van der Waals surface area (Å²) in [7, 11) is -4.06. The predicted molar refractivity (Wildman–Crippen MR) is 77.3 cm³/mol. The van der Waals surface area contributed by atoms with Gasteiger partial charge in [-0.2, -0.15) is 8.42 Å². The maximum atomic E-state index is 12.1. The van der Waals surface area contributed by atoms with E-state index >= 15 is 0 Å². The van der Waals surface area contributed by atoms with Crippen molar-refractivity contribution in [2.75, 3.05) is 0 Å². The third-order valence-electron chi connectivity index (χ3n) is 3.93. The Labute approximate surface area is 123 Å². The first-order valence-electron chi connectivity index (χ1n) is 6.83. The number of phenols is 1. The molecule has 1 aliphatic carbocycles. The number of carbonyl (C=O) groups is 1. The molecule has 1 aliphatic rings. The van der Waals surface area contributed by atoms with Crippen molar-refractivity contribution in [1.82, 2.24) is 5.32 Å². The van der Waals surface area contributed by atoms with Gasteiger partial charge in [0.15, 0.2) is 0 Å². The van der Waals surface area contributed by atoms with E-state index in [1.165, 1.54) is 0 Å². The predicted octanol–water partition coefficient (Wildman–Crippen LogP) is 1.63. The Morgan fingerprint density at radius 3 is 2.43 bits per heavy atom. The largest absolute Gasteiger partial charge is 0.508 e. The fourth-order valence-corrected chi connectivity index (χ4v) is 3.54. The van der Waals surface area contributed by atoms with Crippen LogP contribution in [0.25, 0.3) is 0 Å². The Hall–Kier alpha value is -1.60. The van der Waals surface area contributed by atoms with Crippen LogP contribution >= 0.6 is 0 Å². The highest BCUT2D eigenvalue weighted by Crippen LogP contribution is 2.30. The highest BCUT2D eigenvalue weighted by molar-refractivity contribution is 7.86. The van der Waals surface area contributed by atoms with Crippen LogP contribution < -0.4 is 5.32 Å². The summed E-state index contributed by atoms with van der Waals surface area (Å²) in [6.45, 7) is 1.82. The molecule has 3 atom stereocenters. The van der Waals surface area contributed by atoms with Gasteiger partial charge in [-0.05, 0) is 43.9 Å². The van der Waals surface area contributed by atoms with Gasteiger partial charge in [0, 0.05) is 5.92 Å². The van der Waals surface area contributed by atoms with Gasteiger partial charge in [-0.3, -0.25) is 9.35 Å². The summed E-state index contributed by atoms with van der Waals surface area (Å²) in [4.78, 5) is 12.1. The zero-order valence-corrected chi connectivity index (χ0v) is 12.5. The molecule has 0 aliphatic heterocycles. The van der Waals surface area contributed by atoms with E-state index in [9.17, 15) is 18.3 Å². The van der Waals surface area contributed by atoms with Crippen molar-refractivity contribution in [3.63, 3.8) is 0 Å². The van der Waals surface area contributed by atoms with Crippen molar-refractivity contribution in [2.45, 2.75) is 37.5 Å². The monoisotopic (exact) mass is 313 g/mol. The number of carbonyl (C=O) groups excluding carboxylic acids is 1. The quantitative estimate of drug-likeness (QED) is 0.733. The number of rotatable bonds is 4. The van der Waals surface area contributed by atoms with Crippen LogP contribution in [0, 0.1) is 5.92 Å². The Balaban J connectivity index is 1.94. The lowest BCUT2D eigenvalue weighted by atomic mass is 10.0. The molecular formula is C14H19NO5S. The zero-order valence-electron chi connectivity index (χ0n) is 11.7. The van der Waals surface area contributed by atoms with Gasteiger partial charge < -0.3 is 10.4 Å². The van der Waals surface area contributed by atoms with Crippen LogP contribution in [0.1, 0.15) is 37.8 Å². The van der Waals surface area contributed by atoms with E-state index < -0.39 is 21.3 Å². The fourth-order valence-electron chi connectivity index (χ4n) is 2.63. The standard InChI is InChI=1S/C14H19NO5S/c1-9(10-2-5-12(16)6-3-10)15-14(17)11-4-7-13(8-11)21(18,19)20/h2-3,5-6,9,11,13,16H,4,7-8H2,1H3,(H,15,17)(H,18,19,20). The molecule has 6 nitrogen and oxygen atoms in total. The van der Waals surface area contributed by atoms with Crippen molar-refractivity contribution >= 4 is 16.0 Å². The molecule has 1 aromatic rings. The molecule has 3 N–H and O–H groups in total. The Morgan fingerprint density at radius 1 is 1.29 bits per heavy atom. The number of hydrogen-bond acceptors (Lipinski definition) is 4. The lowest BCUT2D eigenvalue weighted by Gasteiger charge is -2.17. The van der Waals surface area contributed by atoms with Gasteiger partial charge in [0.05, 0.1) is 11.3 Å². The lowest BCUT2D eigenvalue weighted by molar-refractivity contribution is -0.125. The van der Waals surface area contributed by atoms with E-state index in [1.54, 1.807) is 24.3 Å². The van der Waals surface area contributed by atoms with Crippen LogP contribution in [0.4, 0.5) is 0 Å². The molecule has 1 saturated carbocycles. The minimum Gasteiger partial charge on any atom is -0.508 e. The normalized spacial score (nSPS) is 23.7. The first-order chi connectivity index (χ1) is 9.77. The maximum absolute atomic E-state index is 12.1. The van der Waals surface area contributed by atoms with Gasteiger partial charge in [0.1, 0.15) is 5.75 Å². The molecule has 1 aromatic carbocycles. The summed E-state index contributed by atoms with van der Waals surface area (Å²) in [6, 6.07) is 6.29. The van der Waals surface area contributed by atoms with Gasteiger partial charge in [-0.1, -0.05) is 12.1 Å². The van der Waals surface area contributed by atoms with Crippen molar-refractivity contribution in [3.05, 3.63) is 29.8 Å². The van der Waals surface area contributed by atoms with Gasteiger partial charge in [-0.15, -0.1) is 0 Å². The Bertz CT molecular complexity index is 611. The number of phenolic OH excluding ortho intramolecular Hbond substituents is 1.